The van der Waals surface area contributed by atoms with Crippen LogP contribution in [0.2, 0.25) is 0 Å². The first kappa shape index (κ1) is 14.9. The van der Waals surface area contributed by atoms with E-state index >= 15 is 0 Å². The molecule has 5 heteroatoms. The van der Waals surface area contributed by atoms with E-state index in [-0.39, 0.29) is 17.3 Å². The van der Waals surface area contributed by atoms with Gasteiger partial charge in [-0.1, -0.05) is 20.8 Å². The molecule has 1 aliphatic rings. The van der Waals surface area contributed by atoms with Crippen molar-refractivity contribution < 1.29 is 13.5 Å². The molecule has 0 unspecified atom stereocenters. The fourth-order valence-electron chi connectivity index (χ4n) is 2.21. The largest absolute Gasteiger partial charge is 0.393 e. The Hall–Kier alpha value is -0.130. The quantitative estimate of drug-likeness (QED) is 0.808. The van der Waals surface area contributed by atoms with Crippen molar-refractivity contribution in [1.29, 1.82) is 0 Å². The Morgan fingerprint density at radius 2 is 1.71 bits per heavy atom. The van der Waals surface area contributed by atoms with Crippen LogP contribution in [0.4, 0.5) is 0 Å². The van der Waals surface area contributed by atoms with Crippen LogP contribution in [-0.2, 0) is 10.0 Å². The number of aliphatic hydroxyl groups is 1. The Morgan fingerprint density at radius 3 is 2.18 bits per heavy atom. The number of sulfonamides is 1. The Labute approximate surface area is 105 Å². The third-order valence-corrected chi connectivity index (χ3v) is 4.88. The molecule has 1 saturated carbocycles. The van der Waals surface area contributed by atoms with E-state index in [1.54, 1.807) is 0 Å². The van der Waals surface area contributed by atoms with Crippen LogP contribution in [0.5, 0.6) is 0 Å². The van der Waals surface area contributed by atoms with Crippen molar-refractivity contribution in [2.24, 2.45) is 11.3 Å². The zero-order chi connectivity index (χ0) is 13.1. The first-order valence-corrected chi connectivity index (χ1v) is 7.98. The molecule has 2 N–H and O–H groups in total. The van der Waals surface area contributed by atoms with Crippen LogP contribution < -0.4 is 4.72 Å². The van der Waals surface area contributed by atoms with Gasteiger partial charge in [-0.15, -0.1) is 0 Å². The van der Waals surface area contributed by atoms with E-state index in [0.29, 0.717) is 12.5 Å². The number of nitrogens with one attached hydrogen (secondary N) is 1. The highest BCUT2D eigenvalue weighted by Crippen LogP contribution is 2.24. The molecule has 0 aromatic rings. The molecule has 0 saturated heterocycles. The topological polar surface area (TPSA) is 66.4 Å². The monoisotopic (exact) mass is 263 g/mol. The van der Waals surface area contributed by atoms with Crippen LogP contribution in [-0.4, -0.2) is 31.9 Å². The van der Waals surface area contributed by atoms with Crippen molar-refractivity contribution in [2.45, 2.75) is 52.6 Å². The summed E-state index contributed by atoms with van der Waals surface area (Å²) in [7, 11) is -3.16. The van der Waals surface area contributed by atoms with Gasteiger partial charge in [-0.25, -0.2) is 13.1 Å². The zero-order valence-corrected chi connectivity index (χ0v) is 11.9. The summed E-state index contributed by atoms with van der Waals surface area (Å²) >= 11 is 0. The average molecular weight is 263 g/mol. The molecule has 1 aliphatic carbocycles. The first-order valence-electron chi connectivity index (χ1n) is 6.33. The molecule has 4 nitrogen and oxygen atoms in total. The van der Waals surface area contributed by atoms with Crippen LogP contribution in [0.1, 0.15) is 46.5 Å². The van der Waals surface area contributed by atoms with Gasteiger partial charge in [0.05, 0.1) is 11.9 Å². The summed E-state index contributed by atoms with van der Waals surface area (Å²) in [5.41, 5.74) is -0.214. The van der Waals surface area contributed by atoms with Gasteiger partial charge in [0.1, 0.15) is 0 Å². The summed E-state index contributed by atoms with van der Waals surface area (Å²) in [5, 5.41) is 9.37. The molecule has 0 aliphatic heterocycles. The molecular formula is C12H25NO3S. The summed E-state index contributed by atoms with van der Waals surface area (Å²) in [6.45, 7) is 6.28. The lowest BCUT2D eigenvalue weighted by Gasteiger charge is -2.26. The molecule has 1 rings (SSSR count). The summed E-state index contributed by atoms with van der Waals surface area (Å²) in [6, 6.07) is 0. The van der Waals surface area contributed by atoms with E-state index in [9.17, 15) is 13.5 Å². The fourth-order valence-corrected chi connectivity index (χ4v) is 3.95. The van der Waals surface area contributed by atoms with Gasteiger partial charge in [-0.2, -0.15) is 0 Å². The molecule has 1 fully saturated rings. The molecule has 0 spiro atoms. The average Bonchev–Trinajstić information content (AvgIpc) is 2.13. The van der Waals surface area contributed by atoms with Crippen molar-refractivity contribution in [3.05, 3.63) is 0 Å². The van der Waals surface area contributed by atoms with Gasteiger partial charge in [0.15, 0.2) is 0 Å². The van der Waals surface area contributed by atoms with Crippen LogP contribution in [0.15, 0.2) is 0 Å². The maximum Gasteiger partial charge on any atom is 0.212 e. The molecule has 0 radical (unpaired) electrons. The van der Waals surface area contributed by atoms with Crippen molar-refractivity contribution in [3.8, 4) is 0 Å². The molecule has 0 heterocycles. The van der Waals surface area contributed by atoms with E-state index in [2.05, 4.69) is 4.72 Å². The van der Waals surface area contributed by atoms with Crippen LogP contribution >= 0.6 is 0 Å². The Kier molecular flexibility index (Phi) is 4.98. The van der Waals surface area contributed by atoms with Crippen LogP contribution in [0, 0.1) is 11.3 Å². The molecule has 0 amide bonds. The highest BCUT2D eigenvalue weighted by atomic mass is 32.2. The van der Waals surface area contributed by atoms with Crippen molar-refractivity contribution in [3.63, 3.8) is 0 Å². The summed E-state index contributed by atoms with van der Waals surface area (Å²) < 4.78 is 26.3. The molecular weight excluding hydrogens is 238 g/mol. The van der Waals surface area contributed by atoms with Crippen molar-refractivity contribution in [2.75, 3.05) is 12.3 Å². The smallest absolute Gasteiger partial charge is 0.212 e. The third kappa shape index (κ3) is 6.38. The van der Waals surface area contributed by atoms with E-state index in [0.717, 1.165) is 25.7 Å². The second-order valence-electron chi connectivity index (χ2n) is 6.34. The van der Waals surface area contributed by atoms with E-state index in [4.69, 9.17) is 0 Å². The molecule has 0 aromatic heterocycles. The van der Waals surface area contributed by atoms with E-state index in [1.165, 1.54) is 0 Å². The number of aliphatic hydroxyl groups excluding tert-OH is 1. The number of hydrogen-bond acceptors (Lipinski definition) is 3. The Balaban J connectivity index is 2.35. The lowest BCUT2D eigenvalue weighted by molar-refractivity contribution is 0.109. The Bertz CT molecular complexity index is 324. The normalized spacial score (nSPS) is 27.1. The highest BCUT2D eigenvalue weighted by molar-refractivity contribution is 7.89. The minimum absolute atomic E-state index is 0.162. The lowest BCUT2D eigenvalue weighted by Crippen LogP contribution is -2.36. The second kappa shape index (κ2) is 5.67. The van der Waals surface area contributed by atoms with E-state index < -0.39 is 10.0 Å². The van der Waals surface area contributed by atoms with Crippen LogP contribution in [0.25, 0.3) is 0 Å². The molecule has 17 heavy (non-hydrogen) atoms. The summed E-state index contributed by atoms with van der Waals surface area (Å²) in [6.07, 6.45) is 3.24. The van der Waals surface area contributed by atoms with Gasteiger partial charge < -0.3 is 5.11 Å². The Morgan fingerprint density at radius 1 is 1.18 bits per heavy atom. The molecule has 102 valence electrons. The summed E-state index contributed by atoms with van der Waals surface area (Å²) in [5.74, 6) is 0.545. The predicted molar refractivity (Wildman–Crippen MR) is 69.2 cm³/mol. The number of hydrogen-bond donors (Lipinski definition) is 2. The maximum atomic E-state index is 11.8. The molecule has 0 aromatic carbocycles. The van der Waals surface area contributed by atoms with Gasteiger partial charge in [0, 0.05) is 6.54 Å². The SMILES string of the molecule is CC(C)(C)CS(=O)(=O)NCC1CCC(O)CC1. The zero-order valence-electron chi connectivity index (χ0n) is 11.1. The minimum atomic E-state index is -3.16. The summed E-state index contributed by atoms with van der Waals surface area (Å²) in [4.78, 5) is 0. The van der Waals surface area contributed by atoms with Crippen molar-refractivity contribution >= 4 is 10.0 Å². The van der Waals surface area contributed by atoms with Gasteiger partial charge in [0.25, 0.3) is 0 Å². The standard InChI is InChI=1S/C12H25NO3S/c1-12(2,3)9-17(15,16)13-8-10-4-6-11(14)7-5-10/h10-11,13-14H,4-9H2,1-3H3. The van der Waals surface area contributed by atoms with E-state index in [1.807, 2.05) is 20.8 Å². The van der Waals surface area contributed by atoms with Gasteiger partial charge >= 0.3 is 0 Å². The lowest BCUT2D eigenvalue weighted by atomic mass is 9.88. The first-order chi connectivity index (χ1) is 7.68. The molecule has 0 bridgehead atoms. The second-order valence-corrected chi connectivity index (χ2v) is 8.15. The number of rotatable bonds is 4. The fraction of sp³-hybridized carbons (Fsp3) is 1.00. The van der Waals surface area contributed by atoms with Gasteiger partial charge in [-0.05, 0) is 37.0 Å². The van der Waals surface area contributed by atoms with Gasteiger partial charge in [0.2, 0.25) is 10.0 Å². The van der Waals surface area contributed by atoms with Crippen molar-refractivity contribution in [1.82, 2.24) is 4.72 Å². The van der Waals surface area contributed by atoms with Gasteiger partial charge in [-0.3, -0.25) is 0 Å². The highest BCUT2D eigenvalue weighted by Gasteiger charge is 2.24. The third-order valence-electron chi connectivity index (χ3n) is 3.03. The predicted octanol–water partition coefficient (Wildman–Crippen LogP) is 1.50. The molecule has 0 atom stereocenters. The maximum absolute atomic E-state index is 11.8. The minimum Gasteiger partial charge on any atom is -0.393 e. The van der Waals surface area contributed by atoms with Crippen LogP contribution in [0.3, 0.4) is 0 Å².